The number of aryl methyl sites for hydroxylation is 1. The predicted molar refractivity (Wildman–Crippen MR) is 122 cm³/mol. The van der Waals surface area contributed by atoms with Crippen LogP contribution in [-0.2, 0) is 9.59 Å². The maximum absolute atomic E-state index is 13.1. The van der Waals surface area contributed by atoms with Gasteiger partial charge in [0.15, 0.2) is 0 Å². The Kier molecular flexibility index (Phi) is 8.90. The molecule has 0 aromatic heterocycles. The number of piperazine rings is 1. The van der Waals surface area contributed by atoms with Crippen molar-refractivity contribution in [1.82, 2.24) is 20.2 Å². The molecule has 2 aliphatic heterocycles. The number of carbonyl (C=O) groups excluding carboxylic acids is 2. The molecule has 1 saturated heterocycles. The van der Waals surface area contributed by atoms with Crippen molar-refractivity contribution in [2.45, 2.75) is 66.0 Å². The van der Waals surface area contributed by atoms with E-state index >= 15 is 0 Å². The third kappa shape index (κ3) is 5.42. The molecule has 1 fully saturated rings. The summed E-state index contributed by atoms with van der Waals surface area (Å²) < 4.78 is 0. The van der Waals surface area contributed by atoms with Crippen molar-refractivity contribution in [2.75, 3.05) is 26.7 Å². The number of unbranched alkanes of at least 4 members (excludes halogenated alkanes) is 1. The van der Waals surface area contributed by atoms with Gasteiger partial charge in [-0.25, -0.2) is 5.43 Å². The first-order valence-corrected chi connectivity index (χ1v) is 11.3. The number of hydrogen-bond acceptors (Lipinski definition) is 4. The standard InChI is InChI=1S/C22H32N4O2.C2H6/c1-5-7-8-18-14-25(15-21(27)24(4)6-2)22(28)20-13-19(23-26(18)20)17-11-9-16(3)10-12-17;1-2/h9-13,18-19,23H,5-8,14-15H2,1-4H3;1-2H3. The average Bonchev–Trinajstić information content (AvgIpc) is 3.22. The third-order valence-electron chi connectivity index (χ3n) is 5.72. The van der Waals surface area contributed by atoms with E-state index in [1.54, 1.807) is 16.8 Å². The third-order valence-corrected chi connectivity index (χ3v) is 5.72. The van der Waals surface area contributed by atoms with Crippen molar-refractivity contribution in [1.29, 1.82) is 0 Å². The van der Waals surface area contributed by atoms with Crippen LogP contribution in [0.15, 0.2) is 36.0 Å². The summed E-state index contributed by atoms with van der Waals surface area (Å²) in [6, 6.07) is 8.55. The largest absolute Gasteiger partial charge is 0.345 e. The maximum Gasteiger partial charge on any atom is 0.271 e. The van der Waals surface area contributed by atoms with Crippen molar-refractivity contribution in [3.63, 3.8) is 0 Å². The minimum absolute atomic E-state index is 0.0137. The number of nitrogens with zero attached hydrogens (tertiary/aromatic N) is 3. The van der Waals surface area contributed by atoms with Crippen LogP contribution in [0.25, 0.3) is 0 Å². The molecule has 2 amide bonds. The second kappa shape index (κ2) is 11.2. The van der Waals surface area contributed by atoms with Crippen LogP contribution in [0.4, 0.5) is 0 Å². The number of nitrogens with one attached hydrogen (secondary N) is 1. The van der Waals surface area contributed by atoms with Crippen LogP contribution >= 0.6 is 0 Å². The lowest BCUT2D eigenvalue weighted by molar-refractivity contribution is -0.142. The van der Waals surface area contributed by atoms with E-state index in [9.17, 15) is 9.59 Å². The molecule has 2 heterocycles. The summed E-state index contributed by atoms with van der Waals surface area (Å²) in [4.78, 5) is 28.9. The van der Waals surface area contributed by atoms with Crippen LogP contribution in [0.3, 0.4) is 0 Å². The van der Waals surface area contributed by atoms with Crippen LogP contribution in [0.2, 0.25) is 0 Å². The van der Waals surface area contributed by atoms with Crippen LogP contribution < -0.4 is 5.43 Å². The summed E-state index contributed by atoms with van der Waals surface area (Å²) in [5, 5.41) is 2.05. The Bertz CT molecular complexity index is 744. The SMILES string of the molecule is CC.CCCCC1CN(CC(=O)N(C)CC)C(=O)C2=CC(c3ccc(C)cc3)NN21. The topological polar surface area (TPSA) is 55.9 Å². The number of hydrogen-bond donors (Lipinski definition) is 1. The van der Waals surface area contributed by atoms with E-state index in [0.717, 1.165) is 24.8 Å². The van der Waals surface area contributed by atoms with Gasteiger partial charge in [-0.1, -0.05) is 63.4 Å². The first kappa shape index (κ1) is 23.9. The molecular weight excluding hydrogens is 376 g/mol. The highest BCUT2D eigenvalue weighted by Crippen LogP contribution is 2.32. The number of fused-ring (bicyclic) bond motifs is 1. The van der Waals surface area contributed by atoms with E-state index < -0.39 is 0 Å². The Hall–Kier alpha value is -2.34. The quantitative estimate of drug-likeness (QED) is 0.740. The van der Waals surface area contributed by atoms with Gasteiger partial charge in [0.2, 0.25) is 5.91 Å². The maximum atomic E-state index is 13.1. The molecule has 0 radical (unpaired) electrons. The lowest BCUT2D eigenvalue weighted by atomic mass is 10.0. The molecule has 0 aliphatic carbocycles. The summed E-state index contributed by atoms with van der Waals surface area (Å²) >= 11 is 0. The Morgan fingerprint density at radius 2 is 1.87 bits per heavy atom. The van der Waals surface area contributed by atoms with E-state index in [4.69, 9.17) is 0 Å². The van der Waals surface area contributed by atoms with Crippen LogP contribution in [0.1, 0.15) is 64.1 Å². The summed E-state index contributed by atoms with van der Waals surface area (Å²) in [6.07, 6.45) is 5.20. The second-order valence-corrected chi connectivity index (χ2v) is 7.83. The average molecular weight is 415 g/mol. The number of likely N-dealkylation sites (N-methyl/N-ethyl adjacent to an activating group) is 1. The summed E-state index contributed by atoms with van der Waals surface area (Å²) in [6.45, 7) is 11.6. The van der Waals surface area contributed by atoms with Gasteiger partial charge in [0.25, 0.3) is 5.91 Å². The van der Waals surface area contributed by atoms with E-state index in [1.165, 1.54) is 5.56 Å². The van der Waals surface area contributed by atoms with Crippen LogP contribution in [0.5, 0.6) is 0 Å². The number of amides is 2. The highest BCUT2D eigenvalue weighted by atomic mass is 16.2. The smallest absolute Gasteiger partial charge is 0.271 e. The Labute approximate surface area is 181 Å². The molecule has 6 heteroatoms. The Morgan fingerprint density at radius 3 is 2.47 bits per heavy atom. The minimum Gasteiger partial charge on any atom is -0.345 e. The monoisotopic (exact) mass is 414 g/mol. The molecule has 0 saturated carbocycles. The Morgan fingerprint density at radius 1 is 1.20 bits per heavy atom. The molecule has 6 nitrogen and oxygen atoms in total. The van der Waals surface area contributed by atoms with Gasteiger partial charge < -0.3 is 9.80 Å². The lowest BCUT2D eigenvalue weighted by Crippen LogP contribution is -2.58. The molecule has 2 atom stereocenters. The zero-order valence-electron chi connectivity index (χ0n) is 19.4. The highest BCUT2D eigenvalue weighted by Gasteiger charge is 2.41. The van der Waals surface area contributed by atoms with Crippen LogP contribution in [0, 0.1) is 6.92 Å². The summed E-state index contributed by atoms with van der Waals surface area (Å²) in [7, 11) is 1.78. The summed E-state index contributed by atoms with van der Waals surface area (Å²) in [5.74, 6) is -0.0760. The normalized spacial score (nSPS) is 20.3. The van der Waals surface area contributed by atoms with Gasteiger partial charge in [0.1, 0.15) is 12.2 Å². The number of benzene rings is 1. The molecular formula is C24H38N4O2. The predicted octanol–water partition coefficient (Wildman–Crippen LogP) is 3.65. The van der Waals surface area contributed by atoms with E-state index in [0.29, 0.717) is 18.8 Å². The molecule has 166 valence electrons. The molecule has 1 aromatic carbocycles. The van der Waals surface area contributed by atoms with Crippen molar-refractivity contribution < 1.29 is 9.59 Å². The number of hydrazine groups is 1. The summed E-state index contributed by atoms with van der Waals surface area (Å²) in [5.41, 5.74) is 6.55. The molecule has 2 unspecified atom stereocenters. The van der Waals surface area contributed by atoms with E-state index in [1.807, 2.05) is 31.9 Å². The fourth-order valence-electron chi connectivity index (χ4n) is 3.75. The molecule has 1 aromatic rings. The van der Waals surface area contributed by atoms with Gasteiger partial charge in [-0.3, -0.25) is 14.6 Å². The highest BCUT2D eigenvalue weighted by molar-refractivity contribution is 5.96. The zero-order chi connectivity index (χ0) is 22.3. The molecule has 2 aliphatic rings. The zero-order valence-corrected chi connectivity index (χ0v) is 19.4. The van der Waals surface area contributed by atoms with Gasteiger partial charge in [-0.05, 0) is 31.9 Å². The van der Waals surface area contributed by atoms with Crippen molar-refractivity contribution >= 4 is 11.8 Å². The molecule has 1 N–H and O–H groups in total. The van der Waals surface area contributed by atoms with E-state index in [-0.39, 0.29) is 30.4 Å². The number of carbonyl (C=O) groups is 2. The van der Waals surface area contributed by atoms with Gasteiger partial charge in [0.05, 0.1) is 12.1 Å². The van der Waals surface area contributed by atoms with Gasteiger partial charge in [0, 0.05) is 20.1 Å². The van der Waals surface area contributed by atoms with E-state index in [2.05, 4.69) is 43.5 Å². The van der Waals surface area contributed by atoms with Crippen molar-refractivity contribution in [2.24, 2.45) is 0 Å². The molecule has 3 rings (SSSR count). The second-order valence-electron chi connectivity index (χ2n) is 7.83. The first-order valence-electron chi connectivity index (χ1n) is 11.3. The van der Waals surface area contributed by atoms with Crippen molar-refractivity contribution in [3.05, 3.63) is 47.2 Å². The van der Waals surface area contributed by atoms with Crippen molar-refractivity contribution in [3.8, 4) is 0 Å². The molecule has 30 heavy (non-hydrogen) atoms. The fourth-order valence-corrected chi connectivity index (χ4v) is 3.75. The van der Waals surface area contributed by atoms with Gasteiger partial charge >= 0.3 is 0 Å². The minimum atomic E-state index is -0.0623. The first-order chi connectivity index (χ1) is 14.4. The molecule has 0 spiro atoms. The van der Waals surface area contributed by atoms with Gasteiger partial charge in [-0.2, -0.15) is 0 Å². The van der Waals surface area contributed by atoms with Gasteiger partial charge in [-0.15, -0.1) is 0 Å². The molecule has 0 bridgehead atoms. The Balaban J connectivity index is 0.00000155. The number of rotatable bonds is 7. The lowest BCUT2D eigenvalue weighted by Gasteiger charge is -2.41. The fraction of sp³-hybridized carbons (Fsp3) is 0.583. The van der Waals surface area contributed by atoms with Crippen LogP contribution in [-0.4, -0.2) is 59.3 Å².